The second kappa shape index (κ2) is 6.04. The highest BCUT2D eigenvalue weighted by Crippen LogP contribution is 2.35. The average molecular weight is 261 g/mol. The van der Waals surface area contributed by atoms with E-state index >= 15 is 0 Å². The van der Waals surface area contributed by atoms with Crippen molar-refractivity contribution >= 4 is 0 Å². The molecule has 1 aliphatic carbocycles. The maximum absolute atomic E-state index is 6.33. The molecule has 1 heterocycles. The number of fused-ring (bicyclic) bond motifs is 1. The predicted molar refractivity (Wildman–Crippen MR) is 75.3 cm³/mol. The van der Waals surface area contributed by atoms with Crippen LogP contribution in [0.25, 0.3) is 0 Å². The maximum atomic E-state index is 6.33. The molecule has 2 N–H and O–H groups in total. The van der Waals surface area contributed by atoms with Gasteiger partial charge in [0, 0.05) is 6.04 Å². The molecule has 0 bridgehead atoms. The third kappa shape index (κ3) is 2.99. The van der Waals surface area contributed by atoms with Gasteiger partial charge in [0.05, 0.1) is 25.9 Å². The van der Waals surface area contributed by atoms with Gasteiger partial charge >= 0.3 is 0 Å². The lowest BCUT2D eigenvalue weighted by atomic mass is 9.79. The number of hydrogen-bond acceptors (Lipinski definition) is 3. The Labute approximate surface area is 115 Å². The van der Waals surface area contributed by atoms with Gasteiger partial charge in [-0.15, -0.1) is 0 Å². The molecule has 1 fully saturated rings. The van der Waals surface area contributed by atoms with Gasteiger partial charge in [0.15, 0.2) is 0 Å². The van der Waals surface area contributed by atoms with Crippen LogP contribution in [0.3, 0.4) is 0 Å². The lowest BCUT2D eigenvalue weighted by Crippen LogP contribution is -2.44. The van der Waals surface area contributed by atoms with E-state index in [4.69, 9.17) is 15.2 Å². The van der Waals surface area contributed by atoms with E-state index in [1.54, 1.807) is 0 Å². The molecule has 3 atom stereocenters. The smallest absolute Gasteiger partial charge is 0.0960 e. The van der Waals surface area contributed by atoms with Gasteiger partial charge in [-0.05, 0) is 42.7 Å². The molecule has 1 aromatic carbocycles. The van der Waals surface area contributed by atoms with Crippen LogP contribution < -0.4 is 5.73 Å². The Hall–Kier alpha value is -0.900. The lowest BCUT2D eigenvalue weighted by molar-refractivity contribution is -0.0983. The first-order valence-electron chi connectivity index (χ1n) is 7.37. The second-order valence-electron chi connectivity index (χ2n) is 5.67. The lowest BCUT2D eigenvalue weighted by Gasteiger charge is -2.32. The molecule has 1 aliphatic heterocycles. The van der Waals surface area contributed by atoms with E-state index in [1.807, 2.05) is 0 Å². The van der Waals surface area contributed by atoms with Crippen LogP contribution in [0.5, 0.6) is 0 Å². The molecule has 0 saturated carbocycles. The molecule has 3 rings (SSSR count). The van der Waals surface area contributed by atoms with Gasteiger partial charge in [0.25, 0.3) is 0 Å². The van der Waals surface area contributed by atoms with Crippen molar-refractivity contribution in [2.24, 2.45) is 5.73 Å². The van der Waals surface area contributed by atoms with E-state index in [0.29, 0.717) is 25.7 Å². The van der Waals surface area contributed by atoms with Crippen molar-refractivity contribution in [3.05, 3.63) is 35.4 Å². The molecule has 104 valence electrons. The SMILES string of the molecule is NC(CC1CCCc2ccccc21)C1COCCO1. The molecule has 19 heavy (non-hydrogen) atoms. The van der Waals surface area contributed by atoms with Crippen molar-refractivity contribution in [3.63, 3.8) is 0 Å². The zero-order chi connectivity index (χ0) is 13.1. The first-order chi connectivity index (χ1) is 9.34. The van der Waals surface area contributed by atoms with Gasteiger partial charge in [-0.1, -0.05) is 24.3 Å². The molecule has 2 aliphatic rings. The fourth-order valence-electron chi connectivity index (χ4n) is 3.33. The normalized spacial score (nSPS) is 28.7. The predicted octanol–water partition coefficient (Wildman–Crippen LogP) is 2.24. The number of ether oxygens (including phenoxy) is 2. The highest BCUT2D eigenvalue weighted by atomic mass is 16.6. The molecule has 3 heteroatoms. The highest BCUT2D eigenvalue weighted by molar-refractivity contribution is 5.32. The molecule has 0 radical (unpaired) electrons. The molecule has 3 unspecified atom stereocenters. The number of aryl methyl sites for hydroxylation is 1. The van der Waals surface area contributed by atoms with Crippen molar-refractivity contribution in [2.75, 3.05) is 19.8 Å². The van der Waals surface area contributed by atoms with Crippen LogP contribution >= 0.6 is 0 Å². The molecule has 1 aromatic rings. The van der Waals surface area contributed by atoms with Crippen molar-refractivity contribution in [1.29, 1.82) is 0 Å². The van der Waals surface area contributed by atoms with E-state index in [9.17, 15) is 0 Å². The average Bonchev–Trinajstić information content (AvgIpc) is 2.48. The van der Waals surface area contributed by atoms with Gasteiger partial charge in [-0.3, -0.25) is 0 Å². The van der Waals surface area contributed by atoms with Crippen LogP contribution in [0, 0.1) is 0 Å². The van der Waals surface area contributed by atoms with Crippen molar-refractivity contribution in [3.8, 4) is 0 Å². The van der Waals surface area contributed by atoms with Gasteiger partial charge in [-0.25, -0.2) is 0 Å². The van der Waals surface area contributed by atoms with Crippen LogP contribution in [0.1, 0.15) is 36.3 Å². The number of benzene rings is 1. The Bertz CT molecular complexity index is 415. The Morgan fingerprint density at radius 1 is 1.26 bits per heavy atom. The summed E-state index contributed by atoms with van der Waals surface area (Å²) in [5, 5.41) is 0. The first kappa shape index (κ1) is 13.1. The summed E-state index contributed by atoms with van der Waals surface area (Å²) in [6.45, 7) is 2.03. The van der Waals surface area contributed by atoms with E-state index in [2.05, 4.69) is 24.3 Å². The standard InChI is InChI=1S/C16H23NO2/c17-15(16-11-18-8-9-19-16)10-13-6-3-5-12-4-1-2-7-14(12)13/h1-2,4,7,13,15-16H,3,5-6,8-11,17H2. The van der Waals surface area contributed by atoms with Crippen molar-refractivity contribution in [1.82, 2.24) is 0 Å². The third-order valence-corrected chi connectivity index (χ3v) is 4.37. The summed E-state index contributed by atoms with van der Waals surface area (Å²) in [6.07, 6.45) is 4.81. The van der Waals surface area contributed by atoms with Crippen LogP contribution in [-0.2, 0) is 15.9 Å². The summed E-state index contributed by atoms with van der Waals surface area (Å²) in [5.74, 6) is 0.588. The van der Waals surface area contributed by atoms with Crippen LogP contribution in [0.2, 0.25) is 0 Å². The summed E-state index contributed by atoms with van der Waals surface area (Å²) >= 11 is 0. The number of nitrogens with two attached hydrogens (primary N) is 1. The van der Waals surface area contributed by atoms with E-state index in [-0.39, 0.29) is 12.1 Å². The van der Waals surface area contributed by atoms with Crippen LogP contribution in [-0.4, -0.2) is 32.0 Å². The highest BCUT2D eigenvalue weighted by Gasteiger charge is 2.27. The zero-order valence-corrected chi connectivity index (χ0v) is 11.4. The Morgan fingerprint density at radius 2 is 2.16 bits per heavy atom. The Morgan fingerprint density at radius 3 is 3.00 bits per heavy atom. The fraction of sp³-hybridized carbons (Fsp3) is 0.625. The van der Waals surface area contributed by atoms with Gasteiger partial charge in [-0.2, -0.15) is 0 Å². The van der Waals surface area contributed by atoms with Gasteiger partial charge in [0.1, 0.15) is 0 Å². The third-order valence-electron chi connectivity index (χ3n) is 4.37. The molecule has 1 saturated heterocycles. The monoisotopic (exact) mass is 261 g/mol. The summed E-state index contributed by atoms with van der Waals surface area (Å²) in [6, 6.07) is 8.89. The minimum Gasteiger partial charge on any atom is -0.376 e. The topological polar surface area (TPSA) is 44.5 Å². The maximum Gasteiger partial charge on any atom is 0.0960 e. The van der Waals surface area contributed by atoms with Crippen LogP contribution in [0.15, 0.2) is 24.3 Å². The van der Waals surface area contributed by atoms with E-state index in [0.717, 1.165) is 6.42 Å². The summed E-state index contributed by atoms with van der Waals surface area (Å²) in [5.41, 5.74) is 9.34. The first-order valence-corrected chi connectivity index (χ1v) is 7.37. The van der Waals surface area contributed by atoms with Crippen LogP contribution in [0.4, 0.5) is 0 Å². The number of hydrogen-bond donors (Lipinski definition) is 1. The zero-order valence-electron chi connectivity index (χ0n) is 11.4. The quantitative estimate of drug-likeness (QED) is 0.907. The number of rotatable bonds is 3. The second-order valence-corrected chi connectivity index (χ2v) is 5.67. The Kier molecular flexibility index (Phi) is 4.16. The largest absolute Gasteiger partial charge is 0.376 e. The van der Waals surface area contributed by atoms with Gasteiger partial charge in [0.2, 0.25) is 0 Å². The summed E-state index contributed by atoms with van der Waals surface area (Å²) in [7, 11) is 0. The van der Waals surface area contributed by atoms with E-state index < -0.39 is 0 Å². The van der Waals surface area contributed by atoms with Gasteiger partial charge < -0.3 is 15.2 Å². The molecular weight excluding hydrogens is 238 g/mol. The fourth-order valence-corrected chi connectivity index (χ4v) is 3.33. The molecular formula is C16H23NO2. The molecule has 3 nitrogen and oxygen atoms in total. The van der Waals surface area contributed by atoms with Crippen molar-refractivity contribution in [2.45, 2.75) is 43.7 Å². The minimum atomic E-state index is 0.0721. The molecule has 0 spiro atoms. The summed E-state index contributed by atoms with van der Waals surface area (Å²) < 4.78 is 11.2. The molecule has 0 amide bonds. The summed E-state index contributed by atoms with van der Waals surface area (Å²) in [4.78, 5) is 0. The van der Waals surface area contributed by atoms with Crippen molar-refractivity contribution < 1.29 is 9.47 Å². The molecule has 0 aromatic heterocycles. The Balaban J connectivity index is 1.66. The van der Waals surface area contributed by atoms with E-state index in [1.165, 1.54) is 30.4 Å². The minimum absolute atomic E-state index is 0.0721.